The smallest absolute Gasteiger partial charge is 0.234 e. The third-order valence-corrected chi connectivity index (χ3v) is 6.08. The molecule has 0 saturated heterocycles. The molecule has 1 N–H and O–H groups in total. The number of amides is 1. The Morgan fingerprint density at radius 1 is 1.00 bits per heavy atom. The Bertz CT molecular complexity index is 1150. The van der Waals surface area contributed by atoms with Gasteiger partial charge in [-0.15, -0.1) is 0 Å². The first-order valence-electron chi connectivity index (χ1n) is 9.17. The maximum absolute atomic E-state index is 12.4. The van der Waals surface area contributed by atoms with Crippen LogP contribution in [0.1, 0.15) is 0 Å². The Balaban J connectivity index is 1.57. The van der Waals surface area contributed by atoms with Crippen LogP contribution in [0.4, 0.5) is 5.69 Å². The zero-order valence-corrected chi connectivity index (χ0v) is 18.9. The van der Waals surface area contributed by atoms with Gasteiger partial charge in [0.05, 0.1) is 17.6 Å². The van der Waals surface area contributed by atoms with Crippen LogP contribution >= 0.6 is 39.3 Å². The quantitative estimate of drug-likeness (QED) is 0.301. The van der Waals surface area contributed by atoms with E-state index < -0.39 is 0 Å². The zero-order valence-electron chi connectivity index (χ0n) is 15.8. The normalized spacial score (nSPS) is 10.7. The van der Waals surface area contributed by atoms with Crippen LogP contribution in [-0.2, 0) is 4.79 Å². The van der Waals surface area contributed by atoms with Gasteiger partial charge in [-0.1, -0.05) is 69.6 Å². The lowest BCUT2D eigenvalue weighted by molar-refractivity contribution is -0.113. The summed E-state index contributed by atoms with van der Waals surface area (Å²) >= 11 is 10.8. The second-order valence-corrected chi connectivity index (χ2v) is 8.74. The summed E-state index contributed by atoms with van der Waals surface area (Å²) in [5.41, 5.74) is 3.72. The van der Waals surface area contributed by atoms with E-state index >= 15 is 0 Å². The fraction of sp³-hybridized carbons (Fsp3) is 0.0435. The van der Waals surface area contributed by atoms with Gasteiger partial charge in [-0.05, 0) is 48.5 Å². The van der Waals surface area contributed by atoms with E-state index in [1.165, 1.54) is 11.8 Å². The molecule has 1 aromatic heterocycles. The van der Waals surface area contributed by atoms with Crippen molar-refractivity contribution in [2.75, 3.05) is 11.1 Å². The summed E-state index contributed by atoms with van der Waals surface area (Å²) in [7, 11) is 0. The highest BCUT2D eigenvalue weighted by Gasteiger charge is 2.15. The van der Waals surface area contributed by atoms with Gasteiger partial charge in [0.1, 0.15) is 0 Å². The summed E-state index contributed by atoms with van der Waals surface area (Å²) in [5, 5.41) is 4.27. The van der Waals surface area contributed by atoms with Gasteiger partial charge in [0.15, 0.2) is 5.16 Å². The molecule has 0 fully saturated rings. The van der Waals surface area contributed by atoms with E-state index in [4.69, 9.17) is 11.6 Å². The van der Waals surface area contributed by atoms with E-state index in [9.17, 15) is 4.79 Å². The largest absolute Gasteiger partial charge is 0.325 e. The molecule has 0 radical (unpaired) electrons. The average Bonchev–Trinajstić information content (AvgIpc) is 3.19. The van der Waals surface area contributed by atoms with Crippen molar-refractivity contribution in [2.24, 2.45) is 0 Å². The molecule has 4 aromatic rings. The molecule has 0 spiro atoms. The first-order chi connectivity index (χ1) is 14.6. The molecule has 7 heteroatoms. The number of hydrogen-bond acceptors (Lipinski definition) is 3. The van der Waals surface area contributed by atoms with Crippen molar-refractivity contribution in [3.05, 3.63) is 94.6 Å². The predicted octanol–water partition coefficient (Wildman–Crippen LogP) is 6.69. The van der Waals surface area contributed by atoms with Crippen LogP contribution in [0.25, 0.3) is 16.9 Å². The molecule has 0 aliphatic heterocycles. The summed E-state index contributed by atoms with van der Waals surface area (Å²) in [6.07, 6.45) is 1.84. The number of imidazole rings is 1. The van der Waals surface area contributed by atoms with Crippen LogP contribution in [0.15, 0.2) is 94.7 Å². The summed E-state index contributed by atoms with van der Waals surface area (Å²) in [6.45, 7) is 0. The molecule has 3 aromatic carbocycles. The Morgan fingerprint density at radius 2 is 1.70 bits per heavy atom. The molecule has 0 saturated carbocycles. The minimum atomic E-state index is -0.102. The maximum atomic E-state index is 12.4. The molecule has 1 heterocycles. The van der Waals surface area contributed by atoms with E-state index in [0.717, 1.165) is 26.6 Å². The summed E-state index contributed by atoms with van der Waals surface area (Å²) in [5.74, 6) is 0.141. The molecule has 0 aliphatic carbocycles. The summed E-state index contributed by atoms with van der Waals surface area (Å²) in [6, 6.07) is 25.2. The molecular formula is C23H17BrClN3OS. The number of rotatable bonds is 6. The number of hydrogen-bond donors (Lipinski definition) is 1. The Kier molecular flexibility index (Phi) is 6.57. The van der Waals surface area contributed by atoms with Crippen LogP contribution in [0.2, 0.25) is 5.02 Å². The van der Waals surface area contributed by atoms with Crippen molar-refractivity contribution in [2.45, 2.75) is 5.16 Å². The van der Waals surface area contributed by atoms with Gasteiger partial charge >= 0.3 is 0 Å². The van der Waals surface area contributed by atoms with Gasteiger partial charge < -0.3 is 5.32 Å². The second kappa shape index (κ2) is 9.51. The van der Waals surface area contributed by atoms with Crippen LogP contribution in [0, 0.1) is 0 Å². The van der Waals surface area contributed by atoms with Crippen LogP contribution in [-0.4, -0.2) is 21.2 Å². The molecule has 0 unspecified atom stereocenters. The molecule has 4 nitrogen and oxygen atoms in total. The van der Waals surface area contributed by atoms with Gasteiger partial charge in [0, 0.05) is 26.4 Å². The lowest BCUT2D eigenvalue weighted by atomic mass is 10.1. The van der Waals surface area contributed by atoms with Gasteiger partial charge in [-0.3, -0.25) is 9.36 Å². The van der Waals surface area contributed by atoms with Crippen LogP contribution in [0.5, 0.6) is 0 Å². The van der Waals surface area contributed by atoms with Crippen LogP contribution < -0.4 is 5.32 Å². The number of nitrogens with one attached hydrogen (secondary N) is 1. The molecule has 0 bridgehead atoms. The number of benzene rings is 3. The Morgan fingerprint density at radius 3 is 2.40 bits per heavy atom. The third kappa shape index (κ3) is 4.95. The van der Waals surface area contributed by atoms with Crippen molar-refractivity contribution in [1.29, 1.82) is 0 Å². The van der Waals surface area contributed by atoms with Crippen molar-refractivity contribution in [3.63, 3.8) is 0 Å². The first kappa shape index (κ1) is 20.7. The molecular weight excluding hydrogens is 482 g/mol. The van der Waals surface area contributed by atoms with E-state index in [0.29, 0.717) is 10.7 Å². The minimum absolute atomic E-state index is 0.102. The van der Waals surface area contributed by atoms with Crippen molar-refractivity contribution >= 4 is 50.9 Å². The number of aromatic nitrogens is 2. The highest BCUT2D eigenvalue weighted by Crippen LogP contribution is 2.30. The molecule has 4 rings (SSSR count). The summed E-state index contributed by atoms with van der Waals surface area (Å²) < 4.78 is 3.09. The fourth-order valence-corrected chi connectivity index (χ4v) is 4.13. The Hall–Kier alpha value is -2.54. The monoisotopic (exact) mass is 497 g/mol. The number of anilines is 1. The predicted molar refractivity (Wildman–Crippen MR) is 128 cm³/mol. The lowest BCUT2D eigenvalue weighted by Gasteiger charge is -2.12. The minimum Gasteiger partial charge on any atom is -0.325 e. The van der Waals surface area contributed by atoms with E-state index in [1.807, 2.05) is 60.8 Å². The van der Waals surface area contributed by atoms with Crippen molar-refractivity contribution in [3.8, 4) is 16.9 Å². The molecule has 150 valence electrons. The van der Waals surface area contributed by atoms with Crippen molar-refractivity contribution < 1.29 is 4.79 Å². The molecule has 1 amide bonds. The Labute approximate surface area is 192 Å². The zero-order chi connectivity index (χ0) is 20.9. The number of thioether (sulfide) groups is 1. The second-order valence-electron chi connectivity index (χ2n) is 6.45. The summed E-state index contributed by atoms with van der Waals surface area (Å²) in [4.78, 5) is 17.0. The average molecular weight is 499 g/mol. The fourth-order valence-electron chi connectivity index (χ4n) is 2.95. The van der Waals surface area contributed by atoms with Gasteiger partial charge in [0.2, 0.25) is 5.91 Å². The SMILES string of the molecule is O=C(CSc1ncc(-c2ccc(Br)cc2)n1-c1ccccc1)Nc1ccc(Cl)cc1. The number of halogens is 2. The standard InChI is InChI=1S/C23H17BrClN3OS/c24-17-8-6-16(7-9-17)21-14-26-23(28(21)20-4-2-1-3-5-20)30-15-22(29)27-19-12-10-18(25)11-13-19/h1-14H,15H2,(H,27,29). The van der Waals surface area contributed by atoms with E-state index in [-0.39, 0.29) is 11.7 Å². The third-order valence-electron chi connectivity index (χ3n) is 4.34. The topological polar surface area (TPSA) is 46.9 Å². The molecule has 30 heavy (non-hydrogen) atoms. The van der Waals surface area contributed by atoms with Crippen molar-refractivity contribution in [1.82, 2.24) is 9.55 Å². The number of carbonyl (C=O) groups excluding carboxylic acids is 1. The highest BCUT2D eigenvalue weighted by molar-refractivity contribution is 9.10. The molecule has 0 aliphatic rings. The number of nitrogens with zero attached hydrogens (tertiary/aromatic N) is 2. The number of para-hydroxylation sites is 1. The molecule has 0 atom stereocenters. The number of carbonyl (C=O) groups is 1. The maximum Gasteiger partial charge on any atom is 0.234 e. The van der Waals surface area contributed by atoms with E-state index in [1.54, 1.807) is 24.3 Å². The van der Waals surface area contributed by atoms with Gasteiger partial charge in [-0.2, -0.15) is 0 Å². The van der Waals surface area contributed by atoms with Crippen LogP contribution in [0.3, 0.4) is 0 Å². The first-order valence-corrected chi connectivity index (χ1v) is 11.3. The highest BCUT2D eigenvalue weighted by atomic mass is 79.9. The van der Waals surface area contributed by atoms with E-state index in [2.05, 4.69) is 30.8 Å². The lowest BCUT2D eigenvalue weighted by Crippen LogP contribution is -2.14. The van der Waals surface area contributed by atoms with Gasteiger partial charge in [0.25, 0.3) is 0 Å². The van der Waals surface area contributed by atoms with Gasteiger partial charge in [-0.25, -0.2) is 4.98 Å².